The molecule has 14 heavy (non-hydrogen) atoms. The Balaban J connectivity index is 1.93. The van der Waals surface area contributed by atoms with Gasteiger partial charge in [-0.3, -0.25) is 9.69 Å². The molecule has 0 aliphatic carbocycles. The number of piperidine rings is 1. The molecule has 3 unspecified atom stereocenters. The number of aliphatic carboxylic acids is 1. The summed E-state index contributed by atoms with van der Waals surface area (Å²) in [6.45, 7) is 3.71. The van der Waals surface area contributed by atoms with E-state index in [1.807, 2.05) is 11.9 Å². The molecule has 1 N–H and O–H groups in total. The Kier molecular flexibility index (Phi) is 2.74. The highest BCUT2D eigenvalue weighted by Gasteiger charge is 2.36. The van der Waals surface area contributed by atoms with E-state index in [9.17, 15) is 4.79 Å². The first-order valence-electron chi connectivity index (χ1n) is 5.31. The molecule has 4 nitrogen and oxygen atoms in total. The molecule has 3 atom stereocenters. The van der Waals surface area contributed by atoms with Crippen LogP contribution in [0.15, 0.2) is 0 Å². The molecule has 0 amide bonds. The van der Waals surface area contributed by atoms with Crippen molar-refractivity contribution in [3.05, 3.63) is 0 Å². The molecule has 0 aromatic carbocycles. The van der Waals surface area contributed by atoms with Gasteiger partial charge in [-0.25, -0.2) is 0 Å². The minimum absolute atomic E-state index is 0.182. The van der Waals surface area contributed by atoms with Crippen LogP contribution in [0, 0.1) is 5.92 Å². The molecule has 80 valence electrons. The fourth-order valence-electron chi connectivity index (χ4n) is 2.84. The fraction of sp³-hybridized carbons (Fsp3) is 0.900. The molecule has 2 bridgehead atoms. The normalized spacial score (nSPS) is 36.3. The fourth-order valence-corrected chi connectivity index (χ4v) is 2.84. The van der Waals surface area contributed by atoms with Gasteiger partial charge >= 0.3 is 5.97 Å². The molecule has 2 aliphatic heterocycles. The van der Waals surface area contributed by atoms with Gasteiger partial charge in [-0.05, 0) is 38.9 Å². The van der Waals surface area contributed by atoms with Crippen LogP contribution in [0.1, 0.15) is 12.8 Å². The average molecular weight is 198 g/mol. The van der Waals surface area contributed by atoms with Gasteiger partial charge in [0.2, 0.25) is 0 Å². The highest BCUT2D eigenvalue weighted by Crippen LogP contribution is 2.29. The summed E-state index contributed by atoms with van der Waals surface area (Å²) in [6.07, 6.45) is 2.38. The molecule has 0 aromatic heterocycles. The van der Waals surface area contributed by atoms with Crippen molar-refractivity contribution < 1.29 is 9.90 Å². The number of hydrogen-bond acceptors (Lipinski definition) is 3. The molecular formula is C10H18N2O2. The van der Waals surface area contributed by atoms with Crippen molar-refractivity contribution in [3.8, 4) is 0 Å². The van der Waals surface area contributed by atoms with E-state index in [2.05, 4.69) is 4.90 Å². The smallest absolute Gasteiger partial charge is 0.317 e. The van der Waals surface area contributed by atoms with E-state index in [0.29, 0.717) is 12.0 Å². The number of fused-ring (bicyclic) bond motifs is 2. The highest BCUT2D eigenvalue weighted by molar-refractivity contribution is 5.69. The second kappa shape index (κ2) is 3.87. The van der Waals surface area contributed by atoms with Crippen LogP contribution in [0.4, 0.5) is 0 Å². The van der Waals surface area contributed by atoms with E-state index in [0.717, 1.165) is 13.0 Å². The van der Waals surface area contributed by atoms with Gasteiger partial charge in [-0.2, -0.15) is 0 Å². The topological polar surface area (TPSA) is 43.8 Å². The summed E-state index contributed by atoms with van der Waals surface area (Å²) in [5.41, 5.74) is 0. The first-order valence-corrected chi connectivity index (χ1v) is 5.31. The zero-order chi connectivity index (χ0) is 10.1. The number of carboxylic acid groups (broad SMARTS) is 1. The Labute approximate surface area is 84.5 Å². The molecule has 2 saturated heterocycles. The molecular weight excluding hydrogens is 180 g/mol. The van der Waals surface area contributed by atoms with Crippen molar-refractivity contribution in [1.82, 2.24) is 9.80 Å². The van der Waals surface area contributed by atoms with E-state index >= 15 is 0 Å². The van der Waals surface area contributed by atoms with E-state index in [4.69, 9.17) is 5.11 Å². The summed E-state index contributed by atoms with van der Waals surface area (Å²) in [4.78, 5) is 15.1. The monoisotopic (exact) mass is 198 g/mol. The maximum Gasteiger partial charge on any atom is 0.317 e. The van der Waals surface area contributed by atoms with Gasteiger partial charge in [0.15, 0.2) is 0 Å². The van der Waals surface area contributed by atoms with Crippen LogP contribution in [0.25, 0.3) is 0 Å². The Morgan fingerprint density at radius 3 is 2.93 bits per heavy atom. The van der Waals surface area contributed by atoms with Gasteiger partial charge in [0.1, 0.15) is 0 Å². The quantitative estimate of drug-likeness (QED) is 0.698. The largest absolute Gasteiger partial charge is 0.480 e. The van der Waals surface area contributed by atoms with Crippen LogP contribution < -0.4 is 0 Å². The van der Waals surface area contributed by atoms with Crippen LogP contribution in [0.3, 0.4) is 0 Å². The van der Waals surface area contributed by atoms with Crippen LogP contribution in [0.2, 0.25) is 0 Å². The summed E-state index contributed by atoms with van der Waals surface area (Å²) in [5.74, 6) is -0.0129. The van der Waals surface area contributed by atoms with Gasteiger partial charge < -0.3 is 10.0 Å². The third-order valence-corrected chi connectivity index (χ3v) is 3.54. The van der Waals surface area contributed by atoms with Crippen molar-refractivity contribution in [2.24, 2.45) is 5.92 Å². The lowest BCUT2D eigenvalue weighted by molar-refractivity contribution is -0.138. The van der Waals surface area contributed by atoms with E-state index in [-0.39, 0.29) is 6.54 Å². The SMILES string of the molecule is CN(CC(=O)O)C1CCN2CCC1C2. The van der Waals surface area contributed by atoms with Crippen LogP contribution in [-0.4, -0.2) is 60.1 Å². The van der Waals surface area contributed by atoms with Gasteiger partial charge in [-0.1, -0.05) is 0 Å². The van der Waals surface area contributed by atoms with Crippen LogP contribution in [-0.2, 0) is 4.79 Å². The molecule has 0 aromatic rings. The molecule has 4 heteroatoms. The standard InChI is InChI=1S/C10H18N2O2/c1-11(7-10(13)14)9-3-5-12-4-2-8(9)6-12/h8-9H,2-7H2,1H3,(H,13,14). The second-order valence-corrected chi connectivity index (χ2v) is 4.51. The highest BCUT2D eigenvalue weighted by atomic mass is 16.4. The van der Waals surface area contributed by atoms with E-state index in [1.54, 1.807) is 0 Å². The second-order valence-electron chi connectivity index (χ2n) is 4.51. The molecule has 2 aliphatic rings. The molecule has 2 rings (SSSR count). The van der Waals surface area contributed by atoms with Gasteiger partial charge in [0.05, 0.1) is 6.54 Å². The third-order valence-electron chi connectivity index (χ3n) is 3.54. The molecule has 2 fully saturated rings. The van der Waals surface area contributed by atoms with Crippen molar-refractivity contribution in [3.63, 3.8) is 0 Å². The van der Waals surface area contributed by atoms with E-state index < -0.39 is 5.97 Å². The summed E-state index contributed by atoms with van der Waals surface area (Å²) in [6, 6.07) is 0.491. The Morgan fingerprint density at radius 2 is 2.21 bits per heavy atom. The molecule has 0 radical (unpaired) electrons. The number of carbonyl (C=O) groups is 1. The van der Waals surface area contributed by atoms with Gasteiger partial charge in [0, 0.05) is 12.6 Å². The maximum absolute atomic E-state index is 10.6. The number of hydrogen-bond donors (Lipinski definition) is 1. The number of carboxylic acids is 1. The summed E-state index contributed by atoms with van der Waals surface area (Å²) < 4.78 is 0. The molecule has 2 heterocycles. The lowest BCUT2D eigenvalue weighted by Gasteiger charge is -2.36. The molecule has 0 saturated carbocycles. The van der Waals surface area contributed by atoms with Crippen molar-refractivity contribution in [2.45, 2.75) is 18.9 Å². The molecule has 0 spiro atoms. The minimum Gasteiger partial charge on any atom is -0.480 e. The Bertz CT molecular complexity index is 232. The first-order chi connectivity index (χ1) is 6.66. The maximum atomic E-state index is 10.6. The van der Waals surface area contributed by atoms with Gasteiger partial charge in [0.25, 0.3) is 0 Å². The number of nitrogens with zero attached hydrogens (tertiary/aromatic N) is 2. The zero-order valence-corrected chi connectivity index (χ0v) is 8.65. The van der Waals surface area contributed by atoms with Crippen molar-refractivity contribution in [2.75, 3.05) is 33.2 Å². The third kappa shape index (κ3) is 1.91. The summed E-state index contributed by atoms with van der Waals surface area (Å²) in [5, 5.41) is 8.73. The van der Waals surface area contributed by atoms with Crippen LogP contribution in [0.5, 0.6) is 0 Å². The lowest BCUT2D eigenvalue weighted by Crippen LogP contribution is -2.46. The lowest BCUT2D eigenvalue weighted by atomic mass is 9.93. The summed E-state index contributed by atoms with van der Waals surface area (Å²) in [7, 11) is 1.94. The first kappa shape index (κ1) is 9.93. The van der Waals surface area contributed by atoms with Crippen molar-refractivity contribution >= 4 is 5.97 Å². The average Bonchev–Trinajstić information content (AvgIpc) is 2.46. The Morgan fingerprint density at radius 1 is 1.50 bits per heavy atom. The number of likely N-dealkylation sites (N-methyl/N-ethyl adjacent to an activating group) is 1. The zero-order valence-electron chi connectivity index (χ0n) is 8.65. The van der Waals surface area contributed by atoms with Crippen molar-refractivity contribution in [1.29, 1.82) is 0 Å². The van der Waals surface area contributed by atoms with Gasteiger partial charge in [-0.15, -0.1) is 0 Å². The minimum atomic E-state index is -0.715. The predicted molar refractivity (Wildman–Crippen MR) is 53.2 cm³/mol. The summed E-state index contributed by atoms with van der Waals surface area (Å²) >= 11 is 0. The Hall–Kier alpha value is -0.610. The predicted octanol–water partition coefficient (Wildman–Crippen LogP) is 0.0970. The van der Waals surface area contributed by atoms with E-state index in [1.165, 1.54) is 19.5 Å². The van der Waals surface area contributed by atoms with Crippen LogP contribution >= 0.6 is 0 Å². The number of rotatable bonds is 3.